The van der Waals surface area contributed by atoms with Crippen LogP contribution in [0.15, 0.2) is 54.9 Å². The molecule has 0 radical (unpaired) electrons. The number of hydrogen-bond acceptors (Lipinski definition) is 5. The first kappa shape index (κ1) is 15.5. The second kappa shape index (κ2) is 5.91. The number of H-pyrrole nitrogens is 1. The molecule has 2 aromatic carbocycles. The molecule has 0 atom stereocenters. The lowest BCUT2D eigenvalue weighted by atomic mass is 10.2. The summed E-state index contributed by atoms with van der Waals surface area (Å²) in [6.07, 6.45) is 1.69. The van der Waals surface area contributed by atoms with E-state index < -0.39 is 0 Å². The van der Waals surface area contributed by atoms with Gasteiger partial charge in [-0.05, 0) is 25.1 Å². The van der Waals surface area contributed by atoms with E-state index in [4.69, 9.17) is 9.97 Å². The topological polar surface area (TPSA) is 84.3 Å². The van der Waals surface area contributed by atoms with Gasteiger partial charge in [0.25, 0.3) is 0 Å². The number of aromatic nitrogens is 6. The maximum absolute atomic E-state index is 4.80. The van der Waals surface area contributed by atoms with Gasteiger partial charge in [0.05, 0.1) is 23.1 Å². The van der Waals surface area contributed by atoms with E-state index in [0.717, 1.165) is 44.8 Å². The Labute approximate surface area is 155 Å². The van der Waals surface area contributed by atoms with Gasteiger partial charge in [-0.15, -0.1) is 0 Å². The van der Waals surface area contributed by atoms with Gasteiger partial charge in [0.2, 0.25) is 0 Å². The fourth-order valence-corrected chi connectivity index (χ4v) is 3.29. The van der Waals surface area contributed by atoms with Crippen LogP contribution in [0, 0.1) is 6.92 Å². The molecule has 7 heteroatoms. The van der Waals surface area contributed by atoms with E-state index in [0.29, 0.717) is 5.82 Å². The molecule has 3 aromatic heterocycles. The first-order chi connectivity index (χ1) is 13.2. The third kappa shape index (κ3) is 2.60. The number of hydrogen-bond donors (Lipinski definition) is 2. The van der Waals surface area contributed by atoms with E-state index >= 15 is 0 Å². The van der Waals surface area contributed by atoms with Gasteiger partial charge in [0.1, 0.15) is 11.0 Å². The first-order valence-electron chi connectivity index (χ1n) is 8.66. The van der Waals surface area contributed by atoms with Crippen LogP contribution in [-0.2, 0) is 7.05 Å². The molecule has 7 nitrogen and oxygen atoms in total. The molecule has 0 amide bonds. The normalized spacial score (nSPS) is 11.3. The number of nitrogens with zero attached hydrogens (tertiary/aromatic N) is 5. The van der Waals surface area contributed by atoms with E-state index in [1.165, 1.54) is 0 Å². The van der Waals surface area contributed by atoms with Crippen molar-refractivity contribution in [2.75, 3.05) is 5.32 Å². The van der Waals surface area contributed by atoms with Crippen molar-refractivity contribution in [2.45, 2.75) is 6.92 Å². The number of rotatable bonds is 3. The van der Waals surface area contributed by atoms with Crippen LogP contribution < -0.4 is 5.32 Å². The molecule has 0 aliphatic rings. The van der Waals surface area contributed by atoms with Crippen LogP contribution in [0.3, 0.4) is 0 Å². The number of benzene rings is 2. The van der Waals surface area contributed by atoms with Crippen molar-refractivity contribution in [3.05, 3.63) is 60.6 Å². The summed E-state index contributed by atoms with van der Waals surface area (Å²) < 4.78 is 1.81. The Balaban J connectivity index is 1.69. The fraction of sp³-hybridized carbons (Fsp3) is 0.100. The number of aryl methyl sites for hydroxylation is 2. The van der Waals surface area contributed by atoms with Crippen LogP contribution in [0.1, 0.15) is 5.69 Å². The smallest absolute Gasteiger partial charge is 0.162 e. The van der Waals surface area contributed by atoms with Gasteiger partial charge in [0.15, 0.2) is 11.6 Å². The molecule has 0 aliphatic heterocycles. The molecule has 5 aromatic rings. The second-order valence-electron chi connectivity index (χ2n) is 6.43. The van der Waals surface area contributed by atoms with Crippen molar-refractivity contribution in [3.63, 3.8) is 0 Å². The number of nitrogens with one attached hydrogen (secondary N) is 2. The summed E-state index contributed by atoms with van der Waals surface area (Å²) in [5, 5.41) is 7.95. The third-order valence-corrected chi connectivity index (χ3v) is 4.57. The van der Waals surface area contributed by atoms with Gasteiger partial charge < -0.3 is 10.3 Å². The van der Waals surface area contributed by atoms with E-state index in [1.807, 2.05) is 67.2 Å². The molecule has 0 spiro atoms. The molecule has 5 rings (SSSR count). The monoisotopic (exact) mass is 355 g/mol. The zero-order valence-corrected chi connectivity index (χ0v) is 14.9. The highest BCUT2D eigenvalue weighted by Gasteiger charge is 2.16. The Bertz CT molecular complexity index is 1270. The molecule has 0 fully saturated rings. The molecular weight excluding hydrogens is 338 g/mol. The average Bonchev–Trinajstić information content (AvgIpc) is 3.26. The minimum absolute atomic E-state index is 0.669. The molecule has 0 aliphatic carbocycles. The Morgan fingerprint density at radius 3 is 2.74 bits per heavy atom. The molecule has 27 heavy (non-hydrogen) atoms. The van der Waals surface area contributed by atoms with Crippen molar-refractivity contribution >= 4 is 33.6 Å². The van der Waals surface area contributed by atoms with Gasteiger partial charge in [0, 0.05) is 18.3 Å². The zero-order valence-electron chi connectivity index (χ0n) is 14.9. The molecule has 0 saturated carbocycles. The number of anilines is 2. The van der Waals surface area contributed by atoms with Crippen LogP contribution in [0.25, 0.3) is 33.5 Å². The lowest BCUT2D eigenvalue weighted by Crippen LogP contribution is -2.02. The Hall–Kier alpha value is -3.74. The number of imidazole rings is 1. The standard InChI is InChI=1S/C20H17N7/c1-12-17-18(27(2)26-12)20(25-19(24-17)13-6-4-3-5-7-13)23-14-8-9-15-16(10-14)22-11-21-15/h3-11H,1-2H3,(H,21,22)(H,23,24,25). The minimum Gasteiger partial charge on any atom is -0.345 e. The zero-order chi connectivity index (χ0) is 18.4. The van der Waals surface area contributed by atoms with Crippen LogP contribution in [0.2, 0.25) is 0 Å². The lowest BCUT2D eigenvalue weighted by Gasteiger charge is -2.10. The summed E-state index contributed by atoms with van der Waals surface area (Å²) in [6, 6.07) is 15.9. The summed E-state index contributed by atoms with van der Waals surface area (Å²) in [5.41, 5.74) is 6.35. The number of fused-ring (bicyclic) bond motifs is 2. The molecule has 0 saturated heterocycles. The molecule has 0 bridgehead atoms. The maximum atomic E-state index is 4.80. The molecule has 2 N–H and O–H groups in total. The van der Waals surface area contributed by atoms with E-state index in [-0.39, 0.29) is 0 Å². The largest absolute Gasteiger partial charge is 0.345 e. The third-order valence-electron chi connectivity index (χ3n) is 4.57. The SMILES string of the molecule is Cc1nn(C)c2c(Nc3ccc4[nH]cnc4c3)nc(-c3ccccc3)nc12. The van der Waals surface area contributed by atoms with Gasteiger partial charge >= 0.3 is 0 Å². The average molecular weight is 355 g/mol. The summed E-state index contributed by atoms with van der Waals surface area (Å²) >= 11 is 0. The summed E-state index contributed by atoms with van der Waals surface area (Å²) in [6.45, 7) is 1.96. The van der Waals surface area contributed by atoms with Crippen molar-refractivity contribution in [1.82, 2.24) is 29.7 Å². The Kier molecular flexibility index (Phi) is 3.39. The first-order valence-corrected chi connectivity index (χ1v) is 8.66. The lowest BCUT2D eigenvalue weighted by molar-refractivity contribution is 0.783. The van der Waals surface area contributed by atoms with Crippen molar-refractivity contribution in [2.24, 2.45) is 7.05 Å². The molecule has 3 heterocycles. The van der Waals surface area contributed by atoms with Gasteiger partial charge in [-0.3, -0.25) is 4.68 Å². The highest BCUT2D eigenvalue weighted by Crippen LogP contribution is 2.29. The molecule has 0 unspecified atom stereocenters. The second-order valence-corrected chi connectivity index (χ2v) is 6.43. The maximum Gasteiger partial charge on any atom is 0.162 e. The van der Waals surface area contributed by atoms with Crippen LogP contribution in [0.5, 0.6) is 0 Å². The Morgan fingerprint density at radius 2 is 1.89 bits per heavy atom. The highest BCUT2D eigenvalue weighted by molar-refractivity contribution is 5.91. The quantitative estimate of drug-likeness (QED) is 0.512. The predicted molar refractivity (Wildman–Crippen MR) is 106 cm³/mol. The van der Waals surface area contributed by atoms with Gasteiger partial charge in [-0.2, -0.15) is 5.10 Å². The predicted octanol–water partition coefficient (Wildman–Crippen LogP) is 3.96. The van der Waals surface area contributed by atoms with E-state index in [9.17, 15) is 0 Å². The van der Waals surface area contributed by atoms with E-state index in [1.54, 1.807) is 6.33 Å². The van der Waals surface area contributed by atoms with Crippen LogP contribution in [0.4, 0.5) is 11.5 Å². The fourth-order valence-electron chi connectivity index (χ4n) is 3.29. The van der Waals surface area contributed by atoms with Crippen molar-refractivity contribution in [3.8, 4) is 11.4 Å². The summed E-state index contributed by atoms with van der Waals surface area (Å²) in [7, 11) is 1.91. The van der Waals surface area contributed by atoms with E-state index in [2.05, 4.69) is 20.4 Å². The highest BCUT2D eigenvalue weighted by atomic mass is 15.3. The Morgan fingerprint density at radius 1 is 1.04 bits per heavy atom. The van der Waals surface area contributed by atoms with Gasteiger partial charge in [-0.1, -0.05) is 30.3 Å². The number of aromatic amines is 1. The summed E-state index contributed by atoms with van der Waals surface area (Å²) in [4.78, 5) is 17.0. The van der Waals surface area contributed by atoms with Gasteiger partial charge in [-0.25, -0.2) is 15.0 Å². The van der Waals surface area contributed by atoms with Crippen LogP contribution in [-0.4, -0.2) is 29.7 Å². The molecular formula is C20H17N7. The van der Waals surface area contributed by atoms with Crippen molar-refractivity contribution in [1.29, 1.82) is 0 Å². The van der Waals surface area contributed by atoms with Crippen LogP contribution >= 0.6 is 0 Å². The summed E-state index contributed by atoms with van der Waals surface area (Å²) in [5.74, 6) is 1.39. The van der Waals surface area contributed by atoms with Crippen molar-refractivity contribution < 1.29 is 0 Å². The minimum atomic E-state index is 0.669. The molecule has 132 valence electrons.